The van der Waals surface area contributed by atoms with Crippen molar-refractivity contribution < 1.29 is 0 Å². The van der Waals surface area contributed by atoms with Gasteiger partial charge in [-0.25, -0.2) is 0 Å². The van der Waals surface area contributed by atoms with E-state index in [0.717, 1.165) is 12.8 Å². The Morgan fingerprint density at radius 2 is 0.976 bits per heavy atom. The van der Waals surface area contributed by atoms with E-state index in [9.17, 15) is 0 Å². The van der Waals surface area contributed by atoms with Crippen molar-refractivity contribution in [3.63, 3.8) is 0 Å². The van der Waals surface area contributed by atoms with Crippen LogP contribution in [0.15, 0.2) is 139 Å². The number of rotatable bonds is 4. The molecule has 2 saturated carbocycles. The van der Waals surface area contributed by atoms with Gasteiger partial charge in [-0.15, -0.1) is 0 Å². The minimum absolute atomic E-state index is 0.0317. The van der Waals surface area contributed by atoms with E-state index in [0.29, 0.717) is 0 Å². The molecule has 4 heteroatoms. The lowest BCUT2D eigenvalue weighted by atomic mass is 9.30. The largest absolute Gasteiger partial charge is 0.335 e. The summed E-state index contributed by atoms with van der Waals surface area (Å²) in [5.74, 6) is 0. The predicted molar refractivity (Wildman–Crippen MR) is 356 cm³/mol. The molecule has 15 rings (SSSR count). The minimum Gasteiger partial charge on any atom is -0.335 e. The first-order valence-electron chi connectivity index (χ1n) is 32.3. The van der Waals surface area contributed by atoms with Crippen LogP contribution in [-0.4, -0.2) is 17.8 Å². The highest BCUT2D eigenvalue weighted by Crippen LogP contribution is 2.67. The summed E-state index contributed by atoms with van der Waals surface area (Å²) in [4.78, 5) is 8.82. The van der Waals surface area contributed by atoms with Crippen LogP contribution in [0.1, 0.15) is 219 Å². The molecule has 0 amide bonds. The second kappa shape index (κ2) is 17.0. The average molecular weight is 1090 g/mol. The van der Waals surface area contributed by atoms with Gasteiger partial charge in [0.2, 0.25) is 6.71 Å². The molecule has 4 heterocycles. The molecule has 0 saturated heterocycles. The normalized spacial score (nSPS) is 26.4. The zero-order valence-electron chi connectivity index (χ0n) is 53.2. The molecule has 7 aromatic carbocycles. The Kier molecular flexibility index (Phi) is 11.0. The van der Waals surface area contributed by atoms with Crippen LogP contribution < -0.4 is 25.6 Å². The van der Waals surface area contributed by atoms with Crippen molar-refractivity contribution in [3.05, 3.63) is 183 Å². The molecule has 7 aromatic rings. The van der Waals surface area contributed by atoms with Gasteiger partial charge in [0.25, 0.3) is 0 Å². The first kappa shape index (κ1) is 53.5. The molecule has 0 radical (unpaired) electrons. The third-order valence-corrected chi connectivity index (χ3v) is 24.3. The zero-order chi connectivity index (χ0) is 58.1. The number of fused-ring (bicyclic) bond motifs is 12. The number of allylic oxidation sites excluding steroid dienone is 1. The maximum Gasteiger partial charge on any atom is 0.248 e. The summed E-state index contributed by atoms with van der Waals surface area (Å²) >= 11 is 0. The van der Waals surface area contributed by atoms with Crippen LogP contribution in [0.3, 0.4) is 0 Å². The smallest absolute Gasteiger partial charge is 0.248 e. The zero-order valence-corrected chi connectivity index (χ0v) is 53.2. The standard InChI is InChI=1S/C79H90BN3/c1-71(2,3)52-32-34-63(55(42-52)50-29-21-18-22-30-50)81-65-45-54(82-64-33-31-51(49-27-19-17-20-28-49)41-60(64)76(13)35-23-25-37-78(76,82)15)46-66-67(65)80(62-44-53(72(4,5)6)43-61-69(62)83(66)79(16)38-26-24-36-77(61,79)14)70-68(81)56-47-58-59(48-57(56)75(70,11)12)74(9,10)40-39-73(58,7)8/h17-22,27-34,41-48H,23-26,35-40H2,1-16H3. The van der Waals surface area contributed by atoms with E-state index < -0.39 is 0 Å². The number of hydrogen-bond donors (Lipinski definition) is 0. The second-order valence-corrected chi connectivity index (χ2v) is 32.2. The summed E-state index contributed by atoms with van der Waals surface area (Å²) in [7, 11) is 0. The van der Waals surface area contributed by atoms with Crippen molar-refractivity contribution in [2.75, 3.05) is 14.7 Å². The Morgan fingerprint density at radius 3 is 1.61 bits per heavy atom. The molecular formula is C79H90BN3. The summed E-state index contributed by atoms with van der Waals surface area (Å²) < 4.78 is 0. The van der Waals surface area contributed by atoms with Crippen LogP contribution in [-0.2, 0) is 37.9 Å². The highest BCUT2D eigenvalue weighted by molar-refractivity contribution is 6.96. The molecule has 424 valence electrons. The SMILES string of the molecule is CC(C)(C)c1ccc(N2C3=C(B4c5cc(C(C)(C)C)cc6c5N(c5cc(N7c8ccc(-c9ccccc9)cc8C8(C)CCCCC78C)cc2c54)C2(C)CCCCC62C)C(C)(C)c2cc4c(cc23)C(C)(C)CCC4(C)C)c(-c2ccccc2)c1. The minimum atomic E-state index is -0.306. The Morgan fingerprint density at radius 1 is 0.410 bits per heavy atom. The first-order valence-corrected chi connectivity index (χ1v) is 32.3. The number of benzene rings is 7. The predicted octanol–water partition coefficient (Wildman–Crippen LogP) is 19.8. The molecule has 0 spiro atoms. The van der Waals surface area contributed by atoms with Crippen LogP contribution >= 0.6 is 0 Å². The van der Waals surface area contributed by atoms with Crippen molar-refractivity contribution in [2.24, 2.45) is 0 Å². The van der Waals surface area contributed by atoms with Crippen molar-refractivity contribution in [1.29, 1.82) is 0 Å². The maximum absolute atomic E-state index is 3.02. The van der Waals surface area contributed by atoms with Crippen LogP contribution in [0.25, 0.3) is 28.0 Å². The van der Waals surface area contributed by atoms with Gasteiger partial charge in [-0.2, -0.15) is 0 Å². The van der Waals surface area contributed by atoms with Gasteiger partial charge in [0.1, 0.15) is 0 Å². The molecule has 0 bridgehead atoms. The number of anilines is 6. The molecule has 3 nitrogen and oxygen atoms in total. The van der Waals surface area contributed by atoms with E-state index >= 15 is 0 Å². The van der Waals surface area contributed by atoms with Crippen molar-refractivity contribution in [3.8, 4) is 22.3 Å². The summed E-state index contributed by atoms with van der Waals surface area (Å²) in [6.45, 7) is 40.6. The highest BCUT2D eigenvalue weighted by atomic mass is 15.3. The Hall–Kier alpha value is -6.26. The second-order valence-electron chi connectivity index (χ2n) is 32.2. The fourth-order valence-electron chi connectivity index (χ4n) is 18.8. The maximum atomic E-state index is 3.02. The average Bonchev–Trinajstić information content (AvgIpc) is 1.55. The highest BCUT2D eigenvalue weighted by Gasteiger charge is 2.65. The third kappa shape index (κ3) is 6.99. The third-order valence-electron chi connectivity index (χ3n) is 24.3. The van der Waals surface area contributed by atoms with E-state index in [4.69, 9.17) is 0 Å². The van der Waals surface area contributed by atoms with Crippen molar-refractivity contribution in [1.82, 2.24) is 0 Å². The molecule has 8 aliphatic rings. The lowest BCUT2D eigenvalue weighted by molar-refractivity contribution is 0.194. The van der Waals surface area contributed by atoms with Crippen LogP contribution in [0.2, 0.25) is 0 Å². The van der Waals surface area contributed by atoms with Gasteiger partial charge < -0.3 is 14.7 Å². The number of hydrogen-bond acceptors (Lipinski definition) is 3. The fourth-order valence-corrected chi connectivity index (χ4v) is 18.8. The summed E-state index contributed by atoms with van der Waals surface area (Å²) in [6.07, 6.45) is 12.0. The molecule has 4 unspecified atom stereocenters. The molecule has 0 N–H and O–H groups in total. The van der Waals surface area contributed by atoms with E-state index in [1.165, 1.54) is 158 Å². The van der Waals surface area contributed by atoms with Gasteiger partial charge in [0, 0.05) is 61.5 Å². The van der Waals surface area contributed by atoms with Gasteiger partial charge in [-0.3, -0.25) is 0 Å². The van der Waals surface area contributed by atoms with E-state index in [2.05, 4.69) is 259 Å². The van der Waals surface area contributed by atoms with Crippen LogP contribution in [0.5, 0.6) is 0 Å². The van der Waals surface area contributed by atoms with E-state index in [-0.39, 0.29) is 55.7 Å². The van der Waals surface area contributed by atoms with Crippen molar-refractivity contribution in [2.45, 2.75) is 224 Å². The lowest BCUT2D eigenvalue weighted by Gasteiger charge is -2.54. The molecule has 83 heavy (non-hydrogen) atoms. The topological polar surface area (TPSA) is 9.72 Å². The summed E-state index contributed by atoms with van der Waals surface area (Å²) in [6, 6.07) is 54.2. The van der Waals surface area contributed by atoms with Gasteiger partial charge in [0.05, 0.1) is 16.8 Å². The van der Waals surface area contributed by atoms with Gasteiger partial charge in [-0.1, -0.05) is 219 Å². The van der Waals surface area contributed by atoms with Crippen LogP contribution in [0.4, 0.5) is 34.1 Å². The van der Waals surface area contributed by atoms with Gasteiger partial charge >= 0.3 is 0 Å². The molecule has 2 fully saturated rings. The first-order chi connectivity index (χ1) is 39.1. The summed E-state index contributed by atoms with van der Waals surface area (Å²) in [5.41, 5.74) is 30.7. The van der Waals surface area contributed by atoms with Crippen molar-refractivity contribution >= 4 is 57.5 Å². The van der Waals surface area contributed by atoms with Gasteiger partial charge in [-0.05, 0) is 183 Å². The van der Waals surface area contributed by atoms with E-state index in [1.807, 2.05) is 0 Å². The molecule has 4 aliphatic carbocycles. The summed E-state index contributed by atoms with van der Waals surface area (Å²) in [5, 5.41) is 0. The van der Waals surface area contributed by atoms with Crippen LogP contribution in [0, 0.1) is 0 Å². The lowest BCUT2D eigenvalue weighted by Crippen LogP contribution is -2.62. The molecule has 4 aliphatic heterocycles. The quantitative estimate of drug-likeness (QED) is 0.163. The molecular weight excluding hydrogens is 1000 g/mol. The fraction of sp³-hybridized carbons (Fsp3) is 0.443. The van der Waals surface area contributed by atoms with E-state index in [1.54, 1.807) is 16.6 Å². The molecule has 0 aromatic heterocycles. The molecule has 4 atom stereocenters. The van der Waals surface area contributed by atoms with Gasteiger partial charge in [0.15, 0.2) is 0 Å². The Labute approximate surface area is 499 Å². The number of nitrogens with zero attached hydrogens (tertiary/aromatic N) is 3. The monoisotopic (exact) mass is 1090 g/mol. The Balaban J connectivity index is 1.12. The Bertz CT molecular complexity index is 3960.